The van der Waals surface area contributed by atoms with Crippen molar-refractivity contribution in [3.8, 4) is 5.88 Å². The van der Waals surface area contributed by atoms with E-state index in [1.54, 1.807) is 0 Å². The van der Waals surface area contributed by atoms with E-state index in [0.29, 0.717) is 6.20 Å². The first-order valence-electron chi connectivity index (χ1n) is 3.64. The molecule has 0 bridgehead atoms. The predicted octanol–water partition coefficient (Wildman–Crippen LogP) is 2.08. The molecule has 0 aliphatic carbocycles. The number of hydrogen-bond acceptors (Lipinski definition) is 4. The molecule has 15 heavy (non-hydrogen) atoms. The quantitative estimate of drug-likeness (QED) is 0.580. The first kappa shape index (κ1) is 11.2. The van der Waals surface area contributed by atoms with Gasteiger partial charge in [0.15, 0.2) is 0 Å². The summed E-state index contributed by atoms with van der Waals surface area (Å²) in [6.45, 7) is 0. The fraction of sp³-hybridized carbons (Fsp3) is 0.286. The van der Waals surface area contributed by atoms with Crippen LogP contribution in [0, 0.1) is 15.9 Å². The van der Waals surface area contributed by atoms with E-state index >= 15 is 0 Å². The van der Waals surface area contributed by atoms with Gasteiger partial charge in [-0.05, 0) is 0 Å². The first-order chi connectivity index (χ1) is 6.99. The van der Waals surface area contributed by atoms with Gasteiger partial charge in [-0.1, -0.05) is 0 Å². The van der Waals surface area contributed by atoms with Gasteiger partial charge >= 0.3 is 0 Å². The minimum atomic E-state index is -3.30. The van der Waals surface area contributed by atoms with Crippen LogP contribution >= 0.6 is 0 Å². The SMILES string of the molecule is COc1ncc([N+](=O)[O-])c(C(F)F)c1F. The van der Waals surface area contributed by atoms with Gasteiger partial charge in [-0.15, -0.1) is 0 Å². The highest BCUT2D eigenvalue weighted by molar-refractivity contribution is 5.42. The lowest BCUT2D eigenvalue weighted by atomic mass is 10.2. The molecule has 1 aromatic heterocycles. The first-order valence-corrected chi connectivity index (χ1v) is 3.64. The highest BCUT2D eigenvalue weighted by Crippen LogP contribution is 2.33. The monoisotopic (exact) mass is 222 g/mol. The van der Waals surface area contributed by atoms with Crippen LogP contribution in [0.5, 0.6) is 5.88 Å². The number of alkyl halides is 2. The lowest BCUT2D eigenvalue weighted by Gasteiger charge is -2.05. The van der Waals surface area contributed by atoms with Crippen LogP contribution in [0.4, 0.5) is 18.9 Å². The normalized spacial score (nSPS) is 10.5. The molecule has 0 fully saturated rings. The van der Waals surface area contributed by atoms with Crippen LogP contribution in [-0.4, -0.2) is 17.0 Å². The van der Waals surface area contributed by atoms with Crippen molar-refractivity contribution in [2.24, 2.45) is 0 Å². The topological polar surface area (TPSA) is 65.3 Å². The Labute approximate surface area is 81.6 Å². The van der Waals surface area contributed by atoms with Crippen molar-refractivity contribution in [3.63, 3.8) is 0 Å². The van der Waals surface area contributed by atoms with E-state index in [-0.39, 0.29) is 0 Å². The summed E-state index contributed by atoms with van der Waals surface area (Å²) in [7, 11) is 1.02. The van der Waals surface area contributed by atoms with E-state index in [2.05, 4.69) is 9.72 Å². The number of hydrogen-bond donors (Lipinski definition) is 0. The zero-order valence-corrected chi connectivity index (χ0v) is 7.41. The molecule has 8 heteroatoms. The van der Waals surface area contributed by atoms with Crippen molar-refractivity contribution < 1.29 is 22.8 Å². The maximum atomic E-state index is 13.2. The van der Waals surface area contributed by atoms with Gasteiger partial charge in [-0.3, -0.25) is 10.1 Å². The molecule has 0 N–H and O–H groups in total. The van der Waals surface area contributed by atoms with E-state index in [1.807, 2.05) is 0 Å². The molecule has 0 amide bonds. The van der Waals surface area contributed by atoms with Crippen LogP contribution in [0.3, 0.4) is 0 Å². The molecule has 0 radical (unpaired) electrons. The number of methoxy groups -OCH3 is 1. The molecular weight excluding hydrogens is 217 g/mol. The molecule has 5 nitrogen and oxygen atoms in total. The van der Waals surface area contributed by atoms with E-state index < -0.39 is 34.3 Å². The maximum absolute atomic E-state index is 13.2. The number of nitro groups is 1. The van der Waals surface area contributed by atoms with Crippen LogP contribution in [0.15, 0.2) is 6.20 Å². The fourth-order valence-corrected chi connectivity index (χ4v) is 0.969. The van der Waals surface area contributed by atoms with Gasteiger partial charge in [-0.2, -0.15) is 0 Å². The van der Waals surface area contributed by atoms with Gasteiger partial charge in [0.2, 0.25) is 5.82 Å². The van der Waals surface area contributed by atoms with Gasteiger partial charge in [-0.25, -0.2) is 18.2 Å². The zero-order valence-electron chi connectivity index (χ0n) is 7.41. The summed E-state index contributed by atoms with van der Waals surface area (Å²) >= 11 is 0. The third kappa shape index (κ3) is 1.97. The Morgan fingerprint density at radius 3 is 2.60 bits per heavy atom. The van der Waals surface area contributed by atoms with Crippen molar-refractivity contribution in [3.05, 3.63) is 27.7 Å². The van der Waals surface area contributed by atoms with Crippen molar-refractivity contribution in [1.29, 1.82) is 0 Å². The van der Waals surface area contributed by atoms with Gasteiger partial charge in [0, 0.05) is 0 Å². The average Bonchev–Trinajstić information content (AvgIpc) is 2.16. The van der Waals surface area contributed by atoms with Gasteiger partial charge in [0.1, 0.15) is 11.8 Å². The number of nitrogens with zero attached hydrogens (tertiary/aromatic N) is 2. The average molecular weight is 222 g/mol. The van der Waals surface area contributed by atoms with Crippen LogP contribution < -0.4 is 4.74 Å². The summed E-state index contributed by atoms with van der Waals surface area (Å²) in [5.41, 5.74) is -2.38. The highest BCUT2D eigenvalue weighted by Gasteiger charge is 2.29. The minimum absolute atomic E-state index is 0.531. The van der Waals surface area contributed by atoms with Crippen molar-refractivity contribution in [1.82, 2.24) is 4.98 Å². The van der Waals surface area contributed by atoms with Gasteiger partial charge < -0.3 is 4.74 Å². The minimum Gasteiger partial charge on any atom is -0.479 e. The second kappa shape index (κ2) is 4.11. The summed E-state index contributed by atoms with van der Waals surface area (Å²) in [6.07, 6.45) is -2.77. The molecule has 1 rings (SSSR count). The van der Waals surface area contributed by atoms with Crippen molar-refractivity contribution >= 4 is 5.69 Å². The molecule has 1 heterocycles. The van der Waals surface area contributed by atoms with Crippen LogP contribution in [-0.2, 0) is 0 Å². The third-order valence-corrected chi connectivity index (χ3v) is 1.61. The third-order valence-electron chi connectivity index (χ3n) is 1.61. The summed E-state index contributed by atoms with van der Waals surface area (Å²) in [5.74, 6) is -2.21. The lowest BCUT2D eigenvalue weighted by Crippen LogP contribution is -2.03. The number of pyridine rings is 1. The standard InChI is InChI=1S/C7H5F3N2O3/c1-15-7-5(8)4(6(9)10)3(2-11-7)12(13)14/h2,6H,1H3. The molecule has 0 aromatic carbocycles. The molecule has 0 aliphatic heterocycles. The van der Waals surface area contributed by atoms with Gasteiger partial charge in [0.25, 0.3) is 18.0 Å². The molecule has 82 valence electrons. The molecule has 0 spiro atoms. The van der Waals surface area contributed by atoms with Crippen LogP contribution in [0.25, 0.3) is 0 Å². The van der Waals surface area contributed by atoms with E-state index in [4.69, 9.17) is 0 Å². The smallest absolute Gasteiger partial charge is 0.299 e. The molecule has 0 aliphatic rings. The Bertz CT molecular complexity index is 397. The van der Waals surface area contributed by atoms with Gasteiger partial charge in [0.05, 0.1) is 12.0 Å². The summed E-state index contributed by atoms with van der Waals surface area (Å²) in [4.78, 5) is 12.4. The number of aromatic nitrogens is 1. The number of ether oxygens (including phenoxy) is 1. The Kier molecular flexibility index (Phi) is 3.08. The molecule has 0 unspecified atom stereocenters. The van der Waals surface area contributed by atoms with E-state index in [0.717, 1.165) is 7.11 Å². The molecule has 0 saturated carbocycles. The van der Waals surface area contributed by atoms with Crippen molar-refractivity contribution in [2.45, 2.75) is 6.43 Å². The number of halogens is 3. The van der Waals surface area contributed by atoms with E-state index in [9.17, 15) is 23.3 Å². The Morgan fingerprint density at radius 2 is 2.20 bits per heavy atom. The molecule has 1 aromatic rings. The number of rotatable bonds is 3. The highest BCUT2D eigenvalue weighted by atomic mass is 19.3. The second-order valence-electron chi connectivity index (χ2n) is 2.44. The summed E-state index contributed by atoms with van der Waals surface area (Å²) in [5, 5.41) is 10.3. The Balaban J connectivity index is 3.44. The largest absolute Gasteiger partial charge is 0.479 e. The van der Waals surface area contributed by atoms with E-state index in [1.165, 1.54) is 0 Å². The summed E-state index contributed by atoms with van der Waals surface area (Å²) in [6, 6.07) is 0. The molecular formula is C7H5F3N2O3. The summed E-state index contributed by atoms with van der Waals surface area (Å²) < 4.78 is 42.2. The Hall–Kier alpha value is -1.86. The van der Waals surface area contributed by atoms with Crippen LogP contribution in [0.1, 0.15) is 12.0 Å². The van der Waals surface area contributed by atoms with Crippen molar-refractivity contribution in [2.75, 3.05) is 7.11 Å². The molecule has 0 atom stereocenters. The lowest BCUT2D eigenvalue weighted by molar-refractivity contribution is -0.386. The molecule has 0 saturated heterocycles. The predicted molar refractivity (Wildman–Crippen MR) is 42.4 cm³/mol. The maximum Gasteiger partial charge on any atom is 0.299 e. The second-order valence-corrected chi connectivity index (χ2v) is 2.44. The van der Waals surface area contributed by atoms with Crippen LogP contribution in [0.2, 0.25) is 0 Å². The Morgan fingerprint density at radius 1 is 1.60 bits per heavy atom. The fourth-order valence-electron chi connectivity index (χ4n) is 0.969. The zero-order chi connectivity index (χ0) is 11.6.